The summed E-state index contributed by atoms with van der Waals surface area (Å²) in [5.74, 6) is -2.04. The molecule has 0 radical (unpaired) electrons. The van der Waals surface area contributed by atoms with Crippen molar-refractivity contribution in [2.24, 2.45) is 0 Å². The summed E-state index contributed by atoms with van der Waals surface area (Å²) in [6, 6.07) is 8.66. The van der Waals surface area contributed by atoms with Crippen molar-refractivity contribution in [2.75, 3.05) is 25.0 Å². The molecule has 148 valence electrons. The van der Waals surface area contributed by atoms with E-state index in [9.17, 15) is 8.78 Å². The second-order valence-electron chi connectivity index (χ2n) is 7.61. The van der Waals surface area contributed by atoms with Gasteiger partial charge in [0.1, 0.15) is 5.82 Å². The molecule has 1 atom stereocenters. The van der Waals surface area contributed by atoms with Crippen LogP contribution in [-0.4, -0.2) is 45.8 Å². The van der Waals surface area contributed by atoms with Crippen molar-refractivity contribution in [1.29, 1.82) is 0 Å². The molecule has 0 saturated carbocycles. The number of rotatable bonds is 5. The van der Waals surface area contributed by atoms with Crippen LogP contribution >= 0.6 is 0 Å². The van der Waals surface area contributed by atoms with Gasteiger partial charge in [0, 0.05) is 24.3 Å². The first kappa shape index (κ1) is 18.8. The lowest BCUT2D eigenvalue weighted by atomic mass is 10.1. The summed E-state index contributed by atoms with van der Waals surface area (Å²) in [4.78, 5) is 6.31. The quantitative estimate of drug-likeness (QED) is 0.687. The van der Waals surface area contributed by atoms with Crippen LogP contribution in [0.4, 0.5) is 14.6 Å². The summed E-state index contributed by atoms with van der Waals surface area (Å²) >= 11 is 0. The zero-order valence-electron chi connectivity index (χ0n) is 16.0. The van der Waals surface area contributed by atoms with E-state index in [1.54, 1.807) is 24.5 Å². The number of anilines is 1. The Morgan fingerprint density at radius 1 is 1.18 bits per heavy atom. The highest BCUT2D eigenvalue weighted by molar-refractivity contribution is 5.88. The number of aromatic amines is 1. The maximum Gasteiger partial charge on any atom is 0.285 e. The SMILES string of the molecule is Cc1ccc(C(F)(F)CN2CCCC(Nc3nccc4[nH]ncc34)CC2)cc1. The Hall–Kier alpha value is -2.54. The number of halogens is 2. The topological polar surface area (TPSA) is 56.8 Å². The van der Waals surface area contributed by atoms with Gasteiger partial charge in [-0.3, -0.25) is 10.00 Å². The van der Waals surface area contributed by atoms with Crippen LogP contribution in [0.2, 0.25) is 0 Å². The fourth-order valence-electron chi connectivity index (χ4n) is 3.80. The minimum Gasteiger partial charge on any atom is -0.367 e. The van der Waals surface area contributed by atoms with E-state index in [1.807, 2.05) is 17.9 Å². The number of aryl methyl sites for hydroxylation is 1. The summed E-state index contributed by atoms with van der Waals surface area (Å²) in [5, 5.41) is 11.4. The van der Waals surface area contributed by atoms with Gasteiger partial charge in [-0.2, -0.15) is 13.9 Å². The number of benzene rings is 1. The molecule has 4 rings (SSSR count). The second kappa shape index (κ2) is 7.83. The average Bonchev–Trinajstić information content (AvgIpc) is 3.06. The van der Waals surface area contributed by atoms with Crippen LogP contribution < -0.4 is 5.32 Å². The van der Waals surface area contributed by atoms with E-state index in [0.29, 0.717) is 13.1 Å². The van der Waals surface area contributed by atoms with Crippen molar-refractivity contribution in [1.82, 2.24) is 20.1 Å². The van der Waals surface area contributed by atoms with Crippen molar-refractivity contribution in [3.8, 4) is 0 Å². The molecular weight excluding hydrogens is 360 g/mol. The third-order valence-electron chi connectivity index (χ3n) is 5.43. The summed E-state index contributed by atoms with van der Waals surface area (Å²) in [7, 11) is 0. The molecule has 1 fully saturated rings. The van der Waals surface area contributed by atoms with Crippen molar-refractivity contribution < 1.29 is 8.78 Å². The minimum atomic E-state index is -2.84. The number of nitrogens with one attached hydrogen (secondary N) is 2. The number of nitrogens with zero attached hydrogens (tertiary/aromatic N) is 3. The molecule has 1 saturated heterocycles. The van der Waals surface area contributed by atoms with Crippen molar-refractivity contribution in [3.63, 3.8) is 0 Å². The van der Waals surface area contributed by atoms with E-state index < -0.39 is 5.92 Å². The fourth-order valence-corrected chi connectivity index (χ4v) is 3.80. The van der Waals surface area contributed by atoms with Crippen LogP contribution in [0.3, 0.4) is 0 Å². The molecule has 5 nitrogen and oxygen atoms in total. The van der Waals surface area contributed by atoms with Gasteiger partial charge < -0.3 is 5.32 Å². The van der Waals surface area contributed by atoms with Gasteiger partial charge in [0.05, 0.1) is 23.6 Å². The van der Waals surface area contributed by atoms with Crippen molar-refractivity contribution in [2.45, 2.75) is 38.2 Å². The maximum absolute atomic E-state index is 14.7. The predicted molar refractivity (Wildman–Crippen MR) is 107 cm³/mol. The molecule has 3 aromatic rings. The maximum atomic E-state index is 14.7. The van der Waals surface area contributed by atoms with Gasteiger partial charge in [0.25, 0.3) is 5.92 Å². The molecule has 0 amide bonds. The van der Waals surface area contributed by atoms with Crippen LogP contribution in [-0.2, 0) is 5.92 Å². The zero-order valence-corrected chi connectivity index (χ0v) is 16.0. The Morgan fingerprint density at radius 2 is 2.00 bits per heavy atom. The average molecular weight is 385 g/mol. The first-order valence-electron chi connectivity index (χ1n) is 9.73. The normalized spacial score (nSPS) is 18.9. The molecule has 7 heteroatoms. The molecule has 0 aliphatic carbocycles. The molecule has 1 aliphatic rings. The smallest absolute Gasteiger partial charge is 0.285 e. The van der Waals surface area contributed by atoms with Gasteiger partial charge in [-0.25, -0.2) is 4.98 Å². The number of aromatic nitrogens is 3. The molecule has 2 aromatic heterocycles. The van der Waals surface area contributed by atoms with E-state index >= 15 is 0 Å². The molecule has 0 spiro atoms. The highest BCUT2D eigenvalue weighted by Gasteiger charge is 2.34. The number of alkyl halides is 2. The standard InChI is InChI=1S/C21H25F2N5/c1-15-4-6-16(7-5-15)21(22,23)14-28-11-2-3-17(9-12-28)26-20-18-13-25-27-19(18)8-10-24-20/h4-8,10,13,17H,2-3,9,11-12,14H2,1H3,(H,24,26)(H,25,27). The Kier molecular flexibility index (Phi) is 5.26. The molecule has 1 aromatic carbocycles. The van der Waals surface area contributed by atoms with Crippen molar-refractivity contribution in [3.05, 3.63) is 53.9 Å². The Balaban J connectivity index is 1.38. The molecule has 3 heterocycles. The van der Waals surface area contributed by atoms with E-state index in [4.69, 9.17) is 0 Å². The van der Waals surface area contributed by atoms with Gasteiger partial charge in [-0.05, 0) is 38.8 Å². The van der Waals surface area contributed by atoms with Crippen LogP contribution in [0.25, 0.3) is 10.9 Å². The molecule has 1 aliphatic heterocycles. The number of hydrogen-bond acceptors (Lipinski definition) is 4. The third-order valence-corrected chi connectivity index (χ3v) is 5.43. The van der Waals surface area contributed by atoms with Gasteiger partial charge in [-0.1, -0.05) is 29.8 Å². The fraction of sp³-hybridized carbons (Fsp3) is 0.429. The largest absolute Gasteiger partial charge is 0.367 e. The first-order chi connectivity index (χ1) is 13.5. The van der Waals surface area contributed by atoms with Crippen LogP contribution in [0, 0.1) is 6.92 Å². The Morgan fingerprint density at radius 3 is 2.82 bits per heavy atom. The highest BCUT2D eigenvalue weighted by Crippen LogP contribution is 2.30. The summed E-state index contributed by atoms with van der Waals surface area (Å²) in [6.07, 6.45) is 6.12. The van der Waals surface area contributed by atoms with Crippen LogP contribution in [0.1, 0.15) is 30.4 Å². The van der Waals surface area contributed by atoms with Gasteiger partial charge >= 0.3 is 0 Å². The second-order valence-corrected chi connectivity index (χ2v) is 7.61. The summed E-state index contributed by atoms with van der Waals surface area (Å²) in [6.45, 7) is 2.99. The lowest BCUT2D eigenvalue weighted by Crippen LogP contribution is -2.36. The minimum absolute atomic E-state index is 0.0906. The number of pyridine rings is 1. The van der Waals surface area contributed by atoms with E-state index in [1.165, 1.54) is 12.1 Å². The monoisotopic (exact) mass is 385 g/mol. The molecule has 1 unspecified atom stereocenters. The first-order valence-corrected chi connectivity index (χ1v) is 9.73. The Bertz CT molecular complexity index is 922. The van der Waals surface area contributed by atoms with Gasteiger partial charge in [0.15, 0.2) is 0 Å². The number of hydrogen-bond donors (Lipinski definition) is 2. The van der Waals surface area contributed by atoms with Gasteiger partial charge in [-0.15, -0.1) is 0 Å². The molecule has 28 heavy (non-hydrogen) atoms. The molecule has 2 N–H and O–H groups in total. The molecular formula is C21H25F2N5. The van der Waals surface area contributed by atoms with E-state index in [-0.39, 0.29) is 18.2 Å². The molecule has 0 bridgehead atoms. The lowest BCUT2D eigenvalue weighted by molar-refractivity contribution is -0.0372. The predicted octanol–water partition coefficient (Wildman–Crippen LogP) is 4.32. The number of likely N-dealkylation sites (tertiary alicyclic amines) is 1. The third kappa shape index (κ3) is 4.14. The van der Waals surface area contributed by atoms with E-state index in [2.05, 4.69) is 20.5 Å². The van der Waals surface area contributed by atoms with Crippen LogP contribution in [0.15, 0.2) is 42.7 Å². The zero-order chi connectivity index (χ0) is 19.6. The Labute approximate surface area is 163 Å². The van der Waals surface area contributed by atoms with Gasteiger partial charge in [0.2, 0.25) is 0 Å². The number of H-pyrrole nitrogens is 1. The summed E-state index contributed by atoms with van der Waals surface area (Å²) in [5.41, 5.74) is 2.02. The number of fused-ring (bicyclic) bond motifs is 1. The highest BCUT2D eigenvalue weighted by atomic mass is 19.3. The van der Waals surface area contributed by atoms with E-state index in [0.717, 1.165) is 41.5 Å². The van der Waals surface area contributed by atoms with Crippen molar-refractivity contribution >= 4 is 16.7 Å². The van der Waals surface area contributed by atoms with Crippen LogP contribution in [0.5, 0.6) is 0 Å². The lowest BCUT2D eigenvalue weighted by Gasteiger charge is -2.26. The summed E-state index contributed by atoms with van der Waals surface area (Å²) < 4.78 is 29.4.